The van der Waals surface area contributed by atoms with Gasteiger partial charge in [0.15, 0.2) is 0 Å². The summed E-state index contributed by atoms with van der Waals surface area (Å²) in [5.41, 5.74) is -0.810. The van der Waals surface area contributed by atoms with Gasteiger partial charge < -0.3 is 9.84 Å². The van der Waals surface area contributed by atoms with E-state index < -0.39 is 23.7 Å². The van der Waals surface area contributed by atoms with Gasteiger partial charge in [-0.1, -0.05) is 20.8 Å². The highest BCUT2D eigenvalue weighted by Gasteiger charge is 2.33. The summed E-state index contributed by atoms with van der Waals surface area (Å²) in [5.74, 6) is -1.02. The minimum Gasteiger partial charge on any atom is -0.480 e. The van der Waals surface area contributed by atoms with E-state index in [0.717, 1.165) is 4.90 Å². The van der Waals surface area contributed by atoms with E-state index in [2.05, 4.69) is 0 Å². The average molecular weight is 259 g/mol. The van der Waals surface area contributed by atoms with Gasteiger partial charge in [-0.05, 0) is 32.6 Å². The largest absolute Gasteiger partial charge is 0.480 e. The zero-order valence-corrected chi connectivity index (χ0v) is 12.4. The van der Waals surface area contributed by atoms with E-state index in [1.165, 1.54) is 7.05 Å². The number of likely N-dealkylation sites (N-methyl/N-ethyl adjacent to an activating group) is 1. The summed E-state index contributed by atoms with van der Waals surface area (Å²) >= 11 is 0. The molecule has 0 aromatic carbocycles. The topological polar surface area (TPSA) is 66.8 Å². The van der Waals surface area contributed by atoms with E-state index in [-0.39, 0.29) is 5.41 Å². The van der Waals surface area contributed by atoms with Crippen molar-refractivity contribution in [1.29, 1.82) is 0 Å². The molecular formula is C13H25NO4. The van der Waals surface area contributed by atoms with Gasteiger partial charge in [-0.2, -0.15) is 0 Å². The second kappa shape index (κ2) is 5.59. The van der Waals surface area contributed by atoms with Gasteiger partial charge in [0.25, 0.3) is 0 Å². The third kappa shape index (κ3) is 6.47. The molecule has 0 rings (SSSR count). The minimum atomic E-state index is -1.02. The van der Waals surface area contributed by atoms with Crippen molar-refractivity contribution in [3.05, 3.63) is 0 Å². The Kier molecular flexibility index (Phi) is 5.20. The highest BCUT2D eigenvalue weighted by atomic mass is 16.6. The molecule has 0 unspecified atom stereocenters. The fraction of sp³-hybridized carbons (Fsp3) is 0.846. The molecule has 0 heterocycles. The molecule has 0 aromatic rings. The van der Waals surface area contributed by atoms with Crippen LogP contribution < -0.4 is 0 Å². The van der Waals surface area contributed by atoms with Gasteiger partial charge in [0.05, 0.1) is 0 Å². The molecule has 0 spiro atoms. The lowest BCUT2D eigenvalue weighted by Crippen LogP contribution is -2.46. The number of rotatable bonds is 3. The Morgan fingerprint density at radius 2 is 1.61 bits per heavy atom. The number of ether oxygens (including phenoxy) is 1. The molecule has 5 heteroatoms. The monoisotopic (exact) mass is 259 g/mol. The van der Waals surface area contributed by atoms with Crippen LogP contribution in [0.4, 0.5) is 4.79 Å². The molecule has 0 aliphatic carbocycles. The molecule has 0 saturated carbocycles. The SMILES string of the molecule is CN(C(=O)OC(C)(C)C)[C@H](CC(C)(C)C)C(=O)O. The molecular weight excluding hydrogens is 234 g/mol. The van der Waals surface area contributed by atoms with Gasteiger partial charge in [-0.15, -0.1) is 0 Å². The molecule has 0 aromatic heterocycles. The van der Waals surface area contributed by atoms with Crippen LogP contribution in [-0.2, 0) is 9.53 Å². The summed E-state index contributed by atoms with van der Waals surface area (Å²) in [6, 6.07) is -0.875. The normalized spacial score (nSPS) is 13.9. The fourth-order valence-corrected chi connectivity index (χ4v) is 1.43. The highest BCUT2D eigenvalue weighted by Crippen LogP contribution is 2.24. The van der Waals surface area contributed by atoms with Crippen LogP contribution in [0.1, 0.15) is 48.0 Å². The Labute approximate surface area is 109 Å². The van der Waals surface area contributed by atoms with Crippen LogP contribution in [0, 0.1) is 5.41 Å². The molecule has 0 bridgehead atoms. The van der Waals surface area contributed by atoms with Crippen molar-refractivity contribution in [3.8, 4) is 0 Å². The van der Waals surface area contributed by atoms with Crippen LogP contribution in [0.25, 0.3) is 0 Å². The summed E-state index contributed by atoms with van der Waals surface area (Å²) in [4.78, 5) is 24.2. The number of carboxylic acids is 1. The first kappa shape index (κ1) is 16.7. The minimum absolute atomic E-state index is 0.181. The van der Waals surface area contributed by atoms with Gasteiger partial charge in [-0.3, -0.25) is 4.90 Å². The van der Waals surface area contributed by atoms with Crippen molar-refractivity contribution in [3.63, 3.8) is 0 Å². The van der Waals surface area contributed by atoms with E-state index in [1.807, 2.05) is 20.8 Å². The number of hydrogen-bond acceptors (Lipinski definition) is 3. The number of carboxylic acid groups (broad SMARTS) is 1. The summed E-state index contributed by atoms with van der Waals surface area (Å²) in [5, 5.41) is 9.20. The molecule has 0 fully saturated rings. The molecule has 1 amide bonds. The van der Waals surface area contributed by atoms with Crippen molar-refractivity contribution in [2.24, 2.45) is 5.41 Å². The molecule has 18 heavy (non-hydrogen) atoms. The number of carbonyl (C=O) groups excluding carboxylic acids is 1. The maximum Gasteiger partial charge on any atom is 0.410 e. The number of aliphatic carboxylic acids is 1. The van der Waals surface area contributed by atoms with Crippen molar-refractivity contribution >= 4 is 12.1 Å². The van der Waals surface area contributed by atoms with Gasteiger partial charge in [0.1, 0.15) is 11.6 Å². The summed E-state index contributed by atoms with van der Waals surface area (Å²) in [6.45, 7) is 11.1. The average Bonchev–Trinajstić information content (AvgIpc) is 2.08. The maximum absolute atomic E-state index is 11.8. The van der Waals surface area contributed by atoms with Gasteiger partial charge in [0, 0.05) is 7.05 Å². The molecule has 5 nitrogen and oxygen atoms in total. The highest BCUT2D eigenvalue weighted by molar-refractivity contribution is 5.80. The van der Waals surface area contributed by atoms with Gasteiger partial charge >= 0.3 is 12.1 Å². The van der Waals surface area contributed by atoms with E-state index in [0.29, 0.717) is 6.42 Å². The van der Waals surface area contributed by atoms with E-state index in [9.17, 15) is 14.7 Å². The molecule has 0 aliphatic rings. The fourth-order valence-electron chi connectivity index (χ4n) is 1.43. The summed E-state index contributed by atoms with van der Waals surface area (Å²) < 4.78 is 5.17. The lowest BCUT2D eigenvalue weighted by Gasteiger charge is -2.31. The second-order valence-corrected chi connectivity index (χ2v) is 6.71. The maximum atomic E-state index is 11.8. The lowest BCUT2D eigenvalue weighted by atomic mass is 9.87. The standard InChI is InChI=1S/C13H25NO4/c1-12(2,3)8-9(10(15)16)14(7)11(17)18-13(4,5)6/h9H,8H2,1-7H3,(H,15,16)/t9-/m1/s1. The van der Waals surface area contributed by atoms with Crippen molar-refractivity contribution in [2.75, 3.05) is 7.05 Å². The first-order chi connectivity index (χ1) is 7.83. The van der Waals surface area contributed by atoms with E-state index in [4.69, 9.17) is 4.74 Å². The molecule has 1 N–H and O–H groups in total. The molecule has 0 saturated heterocycles. The van der Waals surface area contributed by atoms with Crippen molar-refractivity contribution in [1.82, 2.24) is 4.90 Å². The molecule has 0 radical (unpaired) electrons. The number of carbonyl (C=O) groups is 2. The molecule has 106 valence electrons. The van der Waals surface area contributed by atoms with Crippen molar-refractivity contribution in [2.45, 2.75) is 59.6 Å². The van der Waals surface area contributed by atoms with E-state index in [1.54, 1.807) is 20.8 Å². The number of hydrogen-bond donors (Lipinski definition) is 1. The van der Waals surface area contributed by atoms with Crippen LogP contribution in [0.3, 0.4) is 0 Å². The van der Waals surface area contributed by atoms with Crippen LogP contribution >= 0.6 is 0 Å². The Morgan fingerprint density at radius 3 is 1.89 bits per heavy atom. The van der Waals surface area contributed by atoms with Gasteiger partial charge in [0.2, 0.25) is 0 Å². The van der Waals surface area contributed by atoms with E-state index >= 15 is 0 Å². The Balaban J connectivity index is 4.83. The quantitative estimate of drug-likeness (QED) is 0.846. The number of amides is 1. The second-order valence-electron chi connectivity index (χ2n) is 6.71. The zero-order chi connectivity index (χ0) is 14.7. The van der Waals surface area contributed by atoms with Crippen LogP contribution in [0.5, 0.6) is 0 Å². The smallest absolute Gasteiger partial charge is 0.410 e. The Bertz CT molecular complexity index is 312. The zero-order valence-electron chi connectivity index (χ0n) is 12.4. The molecule has 0 aliphatic heterocycles. The number of nitrogens with zero attached hydrogens (tertiary/aromatic N) is 1. The Morgan fingerprint density at radius 1 is 1.17 bits per heavy atom. The Hall–Kier alpha value is -1.26. The van der Waals surface area contributed by atoms with Crippen LogP contribution in [-0.4, -0.2) is 40.8 Å². The third-order valence-electron chi connectivity index (χ3n) is 2.24. The summed E-state index contributed by atoms with van der Waals surface area (Å²) in [7, 11) is 1.46. The van der Waals surface area contributed by atoms with Crippen molar-refractivity contribution < 1.29 is 19.4 Å². The predicted octanol–water partition coefficient (Wildman–Crippen LogP) is 2.74. The van der Waals surface area contributed by atoms with Crippen LogP contribution in [0.15, 0.2) is 0 Å². The molecule has 1 atom stereocenters. The first-order valence-electron chi connectivity index (χ1n) is 6.02. The predicted molar refractivity (Wildman–Crippen MR) is 69.5 cm³/mol. The third-order valence-corrected chi connectivity index (χ3v) is 2.24. The van der Waals surface area contributed by atoms with Crippen LogP contribution in [0.2, 0.25) is 0 Å². The summed E-state index contributed by atoms with van der Waals surface area (Å²) in [6.07, 6.45) is -0.239. The first-order valence-corrected chi connectivity index (χ1v) is 6.02. The lowest BCUT2D eigenvalue weighted by molar-refractivity contribution is -0.143. The van der Waals surface area contributed by atoms with Gasteiger partial charge in [-0.25, -0.2) is 9.59 Å².